The van der Waals surface area contributed by atoms with Crippen LogP contribution in [0.4, 0.5) is 0 Å². The summed E-state index contributed by atoms with van der Waals surface area (Å²) in [6.07, 6.45) is -1.85. The number of aliphatic hydroxyl groups is 2. The largest absolute Gasteiger partial charge is 0.394 e. The van der Waals surface area contributed by atoms with E-state index in [2.05, 4.69) is 4.98 Å². The van der Waals surface area contributed by atoms with Crippen LogP contribution in [-0.4, -0.2) is 58.3 Å². The highest BCUT2D eigenvalue weighted by Crippen LogP contribution is 2.35. The third kappa shape index (κ3) is 2.09. The van der Waals surface area contributed by atoms with Crippen LogP contribution in [0.1, 0.15) is 0 Å². The Morgan fingerprint density at radius 2 is 2.30 bits per heavy atom. The Morgan fingerprint density at radius 3 is 2.80 bits per heavy atom. The Labute approximate surface area is 113 Å². The van der Waals surface area contributed by atoms with Gasteiger partial charge in [-0.25, -0.2) is 4.79 Å². The summed E-state index contributed by atoms with van der Waals surface area (Å²) >= 11 is 0. The van der Waals surface area contributed by atoms with Gasteiger partial charge < -0.3 is 25.4 Å². The molecule has 1 fully saturated rings. The molecule has 1 aliphatic rings. The first kappa shape index (κ1) is 14.9. The predicted octanol–water partition coefficient (Wildman–Crippen LogP) is -3.08. The van der Waals surface area contributed by atoms with Gasteiger partial charge in [-0.3, -0.25) is 14.3 Å². The van der Waals surface area contributed by atoms with E-state index in [1.165, 1.54) is 13.3 Å². The molecule has 0 saturated carbocycles. The minimum atomic E-state index is -1.50. The number of nitrogens with one attached hydrogen (secondary N) is 1. The highest BCUT2D eigenvalue weighted by molar-refractivity contribution is 5.03. The van der Waals surface area contributed by atoms with E-state index >= 15 is 0 Å². The highest BCUT2D eigenvalue weighted by atomic mass is 16.6. The van der Waals surface area contributed by atoms with Crippen molar-refractivity contribution in [1.29, 1.82) is 0 Å². The molecule has 1 saturated heterocycles. The third-order valence-electron chi connectivity index (χ3n) is 3.45. The average molecular weight is 287 g/mol. The fraction of sp³-hybridized carbons (Fsp3) is 0.636. The van der Waals surface area contributed by atoms with Gasteiger partial charge in [-0.05, 0) is 0 Å². The molecular weight excluding hydrogens is 270 g/mol. The molecule has 0 spiro atoms. The van der Waals surface area contributed by atoms with Crippen molar-refractivity contribution in [2.24, 2.45) is 5.73 Å². The molecule has 0 amide bonds. The summed E-state index contributed by atoms with van der Waals surface area (Å²) < 4.78 is 11.8. The maximum absolute atomic E-state index is 11.9. The van der Waals surface area contributed by atoms with Crippen molar-refractivity contribution < 1.29 is 19.7 Å². The summed E-state index contributed by atoms with van der Waals surface area (Å²) in [6.45, 7) is -0.647. The molecule has 4 atom stereocenters. The molecule has 9 heteroatoms. The van der Waals surface area contributed by atoms with Gasteiger partial charge in [0.1, 0.15) is 18.3 Å². The van der Waals surface area contributed by atoms with Gasteiger partial charge in [0, 0.05) is 25.9 Å². The fourth-order valence-corrected chi connectivity index (χ4v) is 2.50. The van der Waals surface area contributed by atoms with Crippen LogP contribution in [-0.2, 0) is 15.2 Å². The maximum atomic E-state index is 11.9. The molecule has 112 valence electrons. The molecule has 0 unspecified atom stereocenters. The van der Waals surface area contributed by atoms with Crippen LogP contribution in [0, 0.1) is 0 Å². The van der Waals surface area contributed by atoms with E-state index in [9.17, 15) is 19.8 Å². The van der Waals surface area contributed by atoms with Gasteiger partial charge in [0.25, 0.3) is 5.56 Å². The van der Waals surface area contributed by atoms with Crippen molar-refractivity contribution in [3.8, 4) is 0 Å². The fourth-order valence-electron chi connectivity index (χ4n) is 2.50. The second kappa shape index (κ2) is 5.46. The van der Waals surface area contributed by atoms with Crippen LogP contribution in [0.25, 0.3) is 0 Å². The van der Waals surface area contributed by atoms with Gasteiger partial charge in [0.2, 0.25) is 0 Å². The van der Waals surface area contributed by atoms with Crippen LogP contribution in [0.3, 0.4) is 0 Å². The van der Waals surface area contributed by atoms with Crippen molar-refractivity contribution >= 4 is 0 Å². The second-order valence-electron chi connectivity index (χ2n) is 4.51. The quantitative estimate of drug-likeness (QED) is 0.460. The Kier molecular flexibility index (Phi) is 4.06. The number of aliphatic hydroxyl groups excluding tert-OH is 2. The average Bonchev–Trinajstić information content (AvgIpc) is 2.71. The van der Waals surface area contributed by atoms with Crippen LogP contribution in [0.5, 0.6) is 0 Å². The third-order valence-corrected chi connectivity index (χ3v) is 3.45. The summed E-state index contributed by atoms with van der Waals surface area (Å²) in [5.41, 5.74) is 2.90. The molecule has 2 heterocycles. The molecule has 1 aliphatic heterocycles. The van der Waals surface area contributed by atoms with E-state index in [1.54, 1.807) is 0 Å². The monoisotopic (exact) mass is 287 g/mol. The summed E-state index contributed by atoms with van der Waals surface area (Å²) in [7, 11) is 1.33. The Balaban J connectivity index is 2.58. The lowest BCUT2D eigenvalue weighted by Crippen LogP contribution is -2.56. The number of ether oxygens (including phenoxy) is 2. The van der Waals surface area contributed by atoms with Gasteiger partial charge in [0.05, 0.1) is 6.61 Å². The van der Waals surface area contributed by atoms with E-state index < -0.39 is 41.9 Å². The van der Waals surface area contributed by atoms with E-state index in [0.29, 0.717) is 0 Å². The molecule has 1 aromatic heterocycles. The van der Waals surface area contributed by atoms with Crippen LogP contribution >= 0.6 is 0 Å². The standard InChI is InChI=1S/C11H17N3O6/c1-19-9-8(17)6(4-15)20-11(9,5-12)14-3-2-7(16)13-10(14)18/h2-3,6,8-9,15,17H,4-5,12H2,1H3,(H,13,16,18)/t6-,8-,9-,11-/m1/s1. The lowest BCUT2D eigenvalue weighted by Gasteiger charge is -2.34. The first-order valence-corrected chi connectivity index (χ1v) is 6.02. The Morgan fingerprint density at radius 1 is 1.60 bits per heavy atom. The predicted molar refractivity (Wildman–Crippen MR) is 67.1 cm³/mol. The Bertz CT molecular complexity index is 584. The van der Waals surface area contributed by atoms with Crippen molar-refractivity contribution in [2.75, 3.05) is 20.3 Å². The topological polar surface area (TPSA) is 140 Å². The van der Waals surface area contributed by atoms with E-state index in [4.69, 9.17) is 15.2 Å². The number of nitrogens with zero attached hydrogens (tertiary/aromatic N) is 1. The molecule has 0 bridgehead atoms. The van der Waals surface area contributed by atoms with Gasteiger partial charge in [0.15, 0.2) is 5.72 Å². The lowest BCUT2D eigenvalue weighted by molar-refractivity contribution is -0.151. The molecule has 9 nitrogen and oxygen atoms in total. The van der Waals surface area contributed by atoms with Gasteiger partial charge in [-0.2, -0.15) is 0 Å². The lowest BCUT2D eigenvalue weighted by atomic mass is 10.0. The summed E-state index contributed by atoms with van der Waals surface area (Å²) in [5.74, 6) is 0. The van der Waals surface area contributed by atoms with E-state index in [-0.39, 0.29) is 6.54 Å². The smallest absolute Gasteiger partial charge is 0.330 e. The molecule has 0 aliphatic carbocycles. The zero-order valence-corrected chi connectivity index (χ0v) is 10.9. The maximum Gasteiger partial charge on any atom is 0.330 e. The van der Waals surface area contributed by atoms with Crippen molar-refractivity contribution in [3.63, 3.8) is 0 Å². The first-order chi connectivity index (χ1) is 9.50. The van der Waals surface area contributed by atoms with Gasteiger partial charge >= 0.3 is 5.69 Å². The number of rotatable bonds is 4. The van der Waals surface area contributed by atoms with Crippen molar-refractivity contribution in [2.45, 2.75) is 24.0 Å². The van der Waals surface area contributed by atoms with Gasteiger partial charge in [-0.15, -0.1) is 0 Å². The molecule has 1 aromatic rings. The first-order valence-electron chi connectivity index (χ1n) is 6.02. The molecule has 5 N–H and O–H groups in total. The molecule has 0 radical (unpaired) electrons. The van der Waals surface area contributed by atoms with Gasteiger partial charge in [-0.1, -0.05) is 0 Å². The summed E-state index contributed by atoms with van der Waals surface area (Å²) in [5, 5.41) is 19.3. The van der Waals surface area contributed by atoms with Crippen LogP contribution < -0.4 is 17.0 Å². The number of aromatic nitrogens is 2. The second-order valence-corrected chi connectivity index (χ2v) is 4.51. The Hall–Kier alpha value is -1.52. The summed E-state index contributed by atoms with van der Waals surface area (Å²) in [6, 6.07) is 1.13. The summed E-state index contributed by atoms with van der Waals surface area (Å²) in [4.78, 5) is 25.1. The number of methoxy groups -OCH3 is 1. The number of hydrogen-bond donors (Lipinski definition) is 4. The minimum Gasteiger partial charge on any atom is -0.394 e. The number of H-pyrrole nitrogens is 1. The molecule has 2 rings (SSSR count). The van der Waals surface area contributed by atoms with Crippen LogP contribution in [0.2, 0.25) is 0 Å². The minimum absolute atomic E-state index is 0.189. The number of nitrogens with two attached hydrogens (primary N) is 1. The van der Waals surface area contributed by atoms with E-state index in [1.807, 2.05) is 0 Å². The van der Waals surface area contributed by atoms with Crippen molar-refractivity contribution in [3.05, 3.63) is 33.1 Å². The molecule has 0 aromatic carbocycles. The van der Waals surface area contributed by atoms with Crippen molar-refractivity contribution in [1.82, 2.24) is 9.55 Å². The molecular formula is C11H17N3O6. The highest BCUT2D eigenvalue weighted by Gasteiger charge is 2.56. The van der Waals surface area contributed by atoms with Crippen LogP contribution in [0.15, 0.2) is 21.9 Å². The number of hydrogen-bond acceptors (Lipinski definition) is 7. The number of aromatic amines is 1. The SMILES string of the molecule is CO[C@@H]1[C@H](O)[C@@H](CO)O[C@@]1(CN)n1ccc(=O)[nH]c1=O. The zero-order valence-electron chi connectivity index (χ0n) is 10.9. The van der Waals surface area contributed by atoms with E-state index in [0.717, 1.165) is 10.6 Å². The normalized spacial score (nSPS) is 33.5. The zero-order chi connectivity index (χ0) is 14.9. The molecule has 20 heavy (non-hydrogen) atoms.